The van der Waals surface area contributed by atoms with Gasteiger partial charge in [-0.25, -0.2) is 0 Å². The summed E-state index contributed by atoms with van der Waals surface area (Å²) in [5.41, 5.74) is 6.66. The molecule has 0 N–H and O–H groups in total. The number of rotatable bonds is 3. The number of benzene rings is 5. The van der Waals surface area contributed by atoms with Crippen molar-refractivity contribution in [2.45, 2.75) is 13.3 Å². The summed E-state index contributed by atoms with van der Waals surface area (Å²) in [7, 11) is 0. The van der Waals surface area contributed by atoms with E-state index in [1.807, 2.05) is 0 Å². The third kappa shape index (κ3) is 3.08. The molecule has 0 aliphatic heterocycles. The zero-order chi connectivity index (χ0) is 18.9. The van der Waals surface area contributed by atoms with Gasteiger partial charge in [0.05, 0.1) is 0 Å². The van der Waals surface area contributed by atoms with Gasteiger partial charge in [-0.2, -0.15) is 0 Å². The fourth-order valence-electron chi connectivity index (χ4n) is 4.14. The first-order valence-electron chi connectivity index (χ1n) is 9.83. The van der Waals surface area contributed by atoms with Gasteiger partial charge in [0.2, 0.25) is 0 Å². The molecule has 0 heterocycles. The minimum absolute atomic E-state index is 0.937. The molecule has 0 heteroatoms. The second kappa shape index (κ2) is 6.98. The van der Waals surface area contributed by atoms with E-state index in [4.69, 9.17) is 0 Å². The van der Waals surface area contributed by atoms with Gasteiger partial charge in [0.1, 0.15) is 0 Å². The lowest BCUT2D eigenvalue weighted by atomic mass is 9.89. The molecule has 0 aliphatic rings. The van der Waals surface area contributed by atoms with Crippen molar-refractivity contribution < 1.29 is 0 Å². The average molecular weight is 358 g/mol. The van der Waals surface area contributed by atoms with Gasteiger partial charge in [-0.1, -0.05) is 103 Å². The van der Waals surface area contributed by atoms with E-state index in [2.05, 4.69) is 110 Å². The highest BCUT2D eigenvalue weighted by Gasteiger charge is 2.11. The molecule has 0 aliphatic carbocycles. The Hall–Kier alpha value is -3.38. The average Bonchev–Trinajstić information content (AvgIpc) is 2.74. The molecule has 0 amide bonds. The van der Waals surface area contributed by atoms with Gasteiger partial charge in [-0.3, -0.25) is 0 Å². The lowest BCUT2D eigenvalue weighted by molar-refractivity contribution is 1.20. The van der Waals surface area contributed by atoms with Crippen LogP contribution in [-0.4, -0.2) is 0 Å². The van der Waals surface area contributed by atoms with Gasteiger partial charge < -0.3 is 0 Å². The number of hydrogen-bond donors (Lipinski definition) is 0. The summed E-state index contributed by atoms with van der Waals surface area (Å²) in [6, 6.07) is 37.6. The molecule has 5 aromatic carbocycles. The molecule has 0 saturated carbocycles. The minimum atomic E-state index is 0.937. The van der Waals surface area contributed by atoms with Crippen LogP contribution in [0.5, 0.6) is 0 Å². The Morgan fingerprint density at radius 3 is 2.18 bits per heavy atom. The highest BCUT2D eigenvalue weighted by Crippen LogP contribution is 2.35. The van der Waals surface area contributed by atoms with E-state index < -0.39 is 0 Å². The van der Waals surface area contributed by atoms with E-state index in [1.165, 1.54) is 49.4 Å². The minimum Gasteiger partial charge on any atom is -0.0622 e. The van der Waals surface area contributed by atoms with Gasteiger partial charge in [0.15, 0.2) is 0 Å². The lowest BCUT2D eigenvalue weighted by Crippen LogP contribution is -1.94. The second-order valence-corrected chi connectivity index (χ2v) is 7.55. The Labute approximate surface area is 166 Å². The first-order chi connectivity index (χ1) is 13.8. The Morgan fingerprint density at radius 2 is 1.29 bits per heavy atom. The Kier molecular flexibility index (Phi) is 4.18. The maximum absolute atomic E-state index is 2.34. The molecular weight excluding hydrogens is 336 g/mol. The Balaban J connectivity index is 1.74. The molecular formula is C28H22. The molecule has 0 unspecified atom stereocenters. The van der Waals surface area contributed by atoms with Crippen LogP contribution in [0.15, 0.2) is 103 Å². The molecule has 0 nitrogen and oxygen atoms in total. The SMILES string of the molecule is Cc1ccc2cc(-c3c(Cc4ccccc4)ccc4ccccc34)ccc2c1. The van der Waals surface area contributed by atoms with Crippen LogP contribution < -0.4 is 0 Å². The summed E-state index contributed by atoms with van der Waals surface area (Å²) in [5, 5.41) is 5.20. The normalized spacial score (nSPS) is 11.2. The first-order valence-corrected chi connectivity index (χ1v) is 9.83. The Morgan fingerprint density at radius 1 is 0.571 bits per heavy atom. The van der Waals surface area contributed by atoms with Gasteiger partial charge in [0, 0.05) is 0 Å². The van der Waals surface area contributed by atoms with E-state index in [1.54, 1.807) is 0 Å². The second-order valence-electron chi connectivity index (χ2n) is 7.55. The molecule has 0 saturated heterocycles. The molecule has 5 aromatic rings. The molecule has 0 fully saturated rings. The zero-order valence-electron chi connectivity index (χ0n) is 16.0. The van der Waals surface area contributed by atoms with Crippen molar-refractivity contribution in [1.82, 2.24) is 0 Å². The maximum atomic E-state index is 2.34. The highest BCUT2D eigenvalue weighted by molar-refractivity contribution is 6.00. The largest absolute Gasteiger partial charge is 0.0622 e. The van der Waals surface area contributed by atoms with Crippen molar-refractivity contribution in [3.63, 3.8) is 0 Å². The Bertz CT molecular complexity index is 1280. The van der Waals surface area contributed by atoms with Gasteiger partial charge >= 0.3 is 0 Å². The van der Waals surface area contributed by atoms with E-state index >= 15 is 0 Å². The van der Waals surface area contributed by atoms with Gasteiger partial charge in [-0.05, 0) is 63.2 Å². The van der Waals surface area contributed by atoms with Crippen LogP contribution >= 0.6 is 0 Å². The molecule has 0 radical (unpaired) electrons. The number of hydrogen-bond acceptors (Lipinski definition) is 0. The van der Waals surface area contributed by atoms with Crippen molar-refractivity contribution in [3.8, 4) is 11.1 Å². The zero-order valence-corrected chi connectivity index (χ0v) is 16.0. The number of aryl methyl sites for hydroxylation is 1. The maximum Gasteiger partial charge on any atom is -0.00194 e. The monoisotopic (exact) mass is 358 g/mol. The molecule has 134 valence electrons. The van der Waals surface area contributed by atoms with E-state index in [0.717, 1.165) is 6.42 Å². The van der Waals surface area contributed by atoms with Crippen molar-refractivity contribution in [2.24, 2.45) is 0 Å². The predicted molar refractivity (Wildman–Crippen MR) is 121 cm³/mol. The molecule has 28 heavy (non-hydrogen) atoms. The standard InChI is InChI=1S/C28H22/c1-20-11-12-24-19-26(16-14-23(24)17-20)28-25(18-21-7-3-2-4-8-21)15-13-22-9-5-6-10-27(22)28/h2-17,19H,18H2,1H3. The summed E-state index contributed by atoms with van der Waals surface area (Å²) in [5.74, 6) is 0. The molecule has 0 atom stereocenters. The highest BCUT2D eigenvalue weighted by atomic mass is 14.2. The first kappa shape index (κ1) is 16.8. The predicted octanol–water partition coefficient (Wildman–Crippen LogP) is 7.56. The summed E-state index contributed by atoms with van der Waals surface area (Å²) >= 11 is 0. The van der Waals surface area contributed by atoms with Crippen molar-refractivity contribution in [2.75, 3.05) is 0 Å². The third-order valence-electron chi connectivity index (χ3n) is 5.54. The summed E-state index contributed by atoms with van der Waals surface area (Å²) in [6.07, 6.45) is 0.937. The van der Waals surface area contributed by atoms with Crippen LogP contribution in [0.3, 0.4) is 0 Å². The van der Waals surface area contributed by atoms with E-state index in [-0.39, 0.29) is 0 Å². The molecule has 0 aromatic heterocycles. The van der Waals surface area contributed by atoms with Gasteiger partial charge in [0.25, 0.3) is 0 Å². The smallest absolute Gasteiger partial charge is 0.00194 e. The third-order valence-corrected chi connectivity index (χ3v) is 5.54. The van der Waals surface area contributed by atoms with Crippen LogP contribution in [0.1, 0.15) is 16.7 Å². The molecule has 0 bridgehead atoms. The van der Waals surface area contributed by atoms with Crippen LogP contribution in [0, 0.1) is 6.92 Å². The van der Waals surface area contributed by atoms with Crippen LogP contribution in [0.2, 0.25) is 0 Å². The van der Waals surface area contributed by atoms with Crippen molar-refractivity contribution >= 4 is 21.5 Å². The van der Waals surface area contributed by atoms with Gasteiger partial charge in [-0.15, -0.1) is 0 Å². The topological polar surface area (TPSA) is 0 Å². The molecule has 5 rings (SSSR count). The van der Waals surface area contributed by atoms with Crippen LogP contribution in [0.4, 0.5) is 0 Å². The van der Waals surface area contributed by atoms with Crippen LogP contribution in [-0.2, 0) is 6.42 Å². The fraction of sp³-hybridized carbons (Fsp3) is 0.0714. The van der Waals surface area contributed by atoms with E-state index in [0.29, 0.717) is 0 Å². The summed E-state index contributed by atoms with van der Waals surface area (Å²) in [6.45, 7) is 2.15. The quantitative estimate of drug-likeness (QED) is 0.312. The summed E-state index contributed by atoms with van der Waals surface area (Å²) < 4.78 is 0. The number of fused-ring (bicyclic) bond motifs is 2. The van der Waals surface area contributed by atoms with Crippen molar-refractivity contribution in [3.05, 3.63) is 120 Å². The van der Waals surface area contributed by atoms with Crippen LogP contribution in [0.25, 0.3) is 32.7 Å². The summed E-state index contributed by atoms with van der Waals surface area (Å²) in [4.78, 5) is 0. The fourth-order valence-corrected chi connectivity index (χ4v) is 4.14. The molecule has 0 spiro atoms. The van der Waals surface area contributed by atoms with Crippen molar-refractivity contribution in [1.29, 1.82) is 0 Å². The van der Waals surface area contributed by atoms with E-state index in [9.17, 15) is 0 Å². The lowest BCUT2D eigenvalue weighted by Gasteiger charge is -2.15.